The Kier molecular flexibility index (Phi) is 5.42. The molecule has 5 aromatic carbocycles. The van der Waals surface area contributed by atoms with E-state index in [1.807, 2.05) is 109 Å². The fourth-order valence-electron chi connectivity index (χ4n) is 4.79. The first kappa shape index (κ1) is 22.6. The second kappa shape index (κ2) is 9.37. The van der Waals surface area contributed by atoms with Crippen LogP contribution < -0.4 is 0 Å². The summed E-state index contributed by atoms with van der Waals surface area (Å²) in [6.45, 7) is 7.36. The van der Waals surface area contributed by atoms with Crippen LogP contribution in [0.15, 0.2) is 126 Å². The van der Waals surface area contributed by atoms with Crippen molar-refractivity contribution >= 4 is 27.6 Å². The van der Waals surface area contributed by atoms with E-state index in [9.17, 15) is 0 Å². The van der Waals surface area contributed by atoms with Gasteiger partial charge in [0.1, 0.15) is 11.2 Å². The molecule has 0 radical (unpaired) electrons. The fraction of sp³-hybridized carbons (Fsp3) is 0. The molecule has 0 bridgehead atoms. The van der Waals surface area contributed by atoms with Gasteiger partial charge in [-0.2, -0.15) is 0 Å². The summed E-state index contributed by atoms with van der Waals surface area (Å²) in [6, 6.07) is 39.7. The maximum absolute atomic E-state index is 7.36. The molecule has 182 valence electrons. The van der Waals surface area contributed by atoms with E-state index >= 15 is 0 Å². The number of hydrogen-bond donors (Lipinski definition) is 0. The molecular formula is C34H20N4O. The first-order valence-corrected chi connectivity index (χ1v) is 12.6. The minimum Gasteiger partial charge on any atom is -0.456 e. The molecule has 0 aliphatic rings. The first-order valence-electron chi connectivity index (χ1n) is 12.6. The predicted octanol–water partition coefficient (Wildman–Crippen LogP) is 8.99. The molecule has 0 fully saturated rings. The monoisotopic (exact) mass is 500 g/mol. The summed E-state index contributed by atoms with van der Waals surface area (Å²) in [5.74, 6) is 1.84. The van der Waals surface area contributed by atoms with Crippen LogP contribution in [0.4, 0.5) is 5.69 Å². The maximum Gasteiger partial charge on any atom is 0.187 e. The third kappa shape index (κ3) is 4.20. The lowest BCUT2D eigenvalue weighted by Gasteiger charge is -2.08. The highest BCUT2D eigenvalue weighted by atomic mass is 16.3. The molecule has 2 aromatic heterocycles. The van der Waals surface area contributed by atoms with Crippen LogP contribution >= 0.6 is 0 Å². The van der Waals surface area contributed by atoms with Crippen molar-refractivity contribution in [2.24, 2.45) is 0 Å². The van der Waals surface area contributed by atoms with Crippen molar-refractivity contribution in [3.63, 3.8) is 0 Å². The molecule has 0 unspecified atom stereocenters. The predicted molar refractivity (Wildman–Crippen MR) is 155 cm³/mol. The second-order valence-corrected chi connectivity index (χ2v) is 9.22. The van der Waals surface area contributed by atoms with Crippen molar-refractivity contribution in [1.29, 1.82) is 0 Å². The van der Waals surface area contributed by atoms with Gasteiger partial charge in [-0.25, -0.2) is 19.8 Å². The summed E-state index contributed by atoms with van der Waals surface area (Å²) in [4.78, 5) is 18.1. The van der Waals surface area contributed by atoms with Crippen LogP contribution in [-0.4, -0.2) is 15.0 Å². The highest BCUT2D eigenvalue weighted by molar-refractivity contribution is 6.07. The van der Waals surface area contributed by atoms with Crippen molar-refractivity contribution in [2.45, 2.75) is 0 Å². The molecule has 0 aliphatic heterocycles. The van der Waals surface area contributed by atoms with Crippen LogP contribution in [0.25, 0.3) is 72.1 Å². The molecule has 39 heavy (non-hydrogen) atoms. The molecule has 0 spiro atoms. The summed E-state index contributed by atoms with van der Waals surface area (Å²) < 4.78 is 6.16. The average molecular weight is 501 g/mol. The van der Waals surface area contributed by atoms with Crippen molar-refractivity contribution in [3.05, 3.63) is 133 Å². The van der Waals surface area contributed by atoms with E-state index in [-0.39, 0.29) is 0 Å². The number of benzene rings is 5. The third-order valence-electron chi connectivity index (χ3n) is 6.74. The maximum atomic E-state index is 7.36. The van der Waals surface area contributed by atoms with Crippen molar-refractivity contribution < 1.29 is 4.42 Å². The van der Waals surface area contributed by atoms with Gasteiger partial charge in [0.2, 0.25) is 0 Å². The van der Waals surface area contributed by atoms with E-state index in [1.54, 1.807) is 0 Å². The Labute approximate surface area is 224 Å². The number of fused-ring (bicyclic) bond motifs is 3. The van der Waals surface area contributed by atoms with E-state index in [4.69, 9.17) is 25.9 Å². The van der Waals surface area contributed by atoms with Gasteiger partial charge in [0.05, 0.1) is 6.57 Å². The SMILES string of the molecule is [C-]#[N+]c1cccc(-c2ccc3oc4ccc(-c5nc(-c6ccccc6)nc(-c6ccccc6)n5)cc4c3c2)c1. The van der Waals surface area contributed by atoms with Gasteiger partial charge >= 0.3 is 0 Å². The Bertz CT molecular complexity index is 1960. The van der Waals surface area contributed by atoms with Crippen LogP contribution in [0.1, 0.15) is 0 Å². The van der Waals surface area contributed by atoms with E-state index in [0.29, 0.717) is 23.2 Å². The van der Waals surface area contributed by atoms with Crippen LogP contribution in [0.3, 0.4) is 0 Å². The largest absolute Gasteiger partial charge is 0.456 e. The summed E-state index contributed by atoms with van der Waals surface area (Å²) in [7, 11) is 0. The zero-order valence-corrected chi connectivity index (χ0v) is 20.7. The Morgan fingerprint density at radius 3 is 1.54 bits per heavy atom. The van der Waals surface area contributed by atoms with Crippen molar-refractivity contribution in [1.82, 2.24) is 15.0 Å². The summed E-state index contributed by atoms with van der Waals surface area (Å²) >= 11 is 0. The van der Waals surface area contributed by atoms with Crippen LogP contribution in [0.2, 0.25) is 0 Å². The Balaban J connectivity index is 1.40. The zero-order valence-electron chi connectivity index (χ0n) is 20.7. The lowest BCUT2D eigenvalue weighted by Crippen LogP contribution is -2.00. The third-order valence-corrected chi connectivity index (χ3v) is 6.74. The molecule has 0 saturated heterocycles. The molecule has 0 N–H and O–H groups in total. The normalized spacial score (nSPS) is 11.1. The quantitative estimate of drug-likeness (QED) is 0.226. The lowest BCUT2D eigenvalue weighted by atomic mass is 10.0. The molecule has 2 heterocycles. The molecule has 0 aliphatic carbocycles. The topological polar surface area (TPSA) is 56.2 Å². The van der Waals surface area contributed by atoms with Gasteiger partial charge in [-0.3, -0.25) is 0 Å². The van der Waals surface area contributed by atoms with Crippen LogP contribution in [0, 0.1) is 6.57 Å². The summed E-state index contributed by atoms with van der Waals surface area (Å²) in [5.41, 5.74) is 6.97. The van der Waals surface area contributed by atoms with Gasteiger partial charge in [-0.1, -0.05) is 84.9 Å². The average Bonchev–Trinajstić information content (AvgIpc) is 3.39. The molecule has 0 atom stereocenters. The minimum absolute atomic E-state index is 0.597. The molecular weight excluding hydrogens is 480 g/mol. The molecule has 7 aromatic rings. The smallest absolute Gasteiger partial charge is 0.187 e. The van der Waals surface area contributed by atoms with Crippen molar-refractivity contribution in [2.75, 3.05) is 0 Å². The first-order chi connectivity index (χ1) is 19.2. The standard InChI is InChI=1S/C34H20N4O/c1-35-27-14-8-13-24(19-27)25-15-17-30-28(20-25)29-21-26(16-18-31(29)39-30)34-37-32(22-9-4-2-5-10-22)36-33(38-34)23-11-6-3-7-12-23/h2-21H. The van der Waals surface area contributed by atoms with Gasteiger partial charge in [-0.15, -0.1) is 0 Å². The summed E-state index contributed by atoms with van der Waals surface area (Å²) in [6.07, 6.45) is 0. The lowest BCUT2D eigenvalue weighted by molar-refractivity contribution is 0.669. The molecule has 5 nitrogen and oxygen atoms in total. The number of rotatable bonds is 4. The number of furan rings is 1. The second-order valence-electron chi connectivity index (χ2n) is 9.22. The Morgan fingerprint density at radius 2 is 0.949 bits per heavy atom. The Hall–Kier alpha value is -5.60. The fourth-order valence-corrected chi connectivity index (χ4v) is 4.79. The van der Waals surface area contributed by atoms with E-state index in [0.717, 1.165) is 49.8 Å². The van der Waals surface area contributed by atoms with E-state index in [2.05, 4.69) is 17.0 Å². The van der Waals surface area contributed by atoms with Gasteiger partial charge in [0, 0.05) is 27.5 Å². The molecule has 5 heteroatoms. The van der Waals surface area contributed by atoms with Crippen molar-refractivity contribution in [3.8, 4) is 45.3 Å². The van der Waals surface area contributed by atoms with Gasteiger partial charge in [-0.05, 0) is 47.5 Å². The number of aromatic nitrogens is 3. The van der Waals surface area contributed by atoms with Gasteiger partial charge in [0.25, 0.3) is 0 Å². The summed E-state index contributed by atoms with van der Waals surface area (Å²) in [5, 5.41) is 1.98. The Morgan fingerprint density at radius 1 is 0.462 bits per heavy atom. The number of nitrogens with zero attached hydrogens (tertiary/aromatic N) is 4. The molecule has 7 rings (SSSR count). The van der Waals surface area contributed by atoms with Crippen LogP contribution in [0.5, 0.6) is 0 Å². The highest BCUT2D eigenvalue weighted by Crippen LogP contribution is 2.35. The van der Waals surface area contributed by atoms with Crippen LogP contribution in [-0.2, 0) is 0 Å². The zero-order chi connectivity index (χ0) is 26.2. The molecule has 0 saturated carbocycles. The van der Waals surface area contributed by atoms with E-state index in [1.165, 1.54) is 0 Å². The van der Waals surface area contributed by atoms with Gasteiger partial charge in [0.15, 0.2) is 23.2 Å². The number of hydrogen-bond acceptors (Lipinski definition) is 4. The minimum atomic E-state index is 0.597. The molecule has 0 amide bonds. The highest BCUT2D eigenvalue weighted by Gasteiger charge is 2.15. The van der Waals surface area contributed by atoms with E-state index < -0.39 is 0 Å². The van der Waals surface area contributed by atoms with Gasteiger partial charge < -0.3 is 4.42 Å².